The van der Waals surface area contributed by atoms with Crippen molar-refractivity contribution in [3.63, 3.8) is 0 Å². The molecule has 2 heterocycles. The van der Waals surface area contributed by atoms with Gasteiger partial charge < -0.3 is 10.2 Å². The van der Waals surface area contributed by atoms with Crippen molar-refractivity contribution in [3.8, 4) is 0 Å². The normalized spacial score (nSPS) is 15.3. The predicted octanol–water partition coefficient (Wildman–Crippen LogP) is 3.47. The molecule has 3 rings (SSSR count). The van der Waals surface area contributed by atoms with Gasteiger partial charge in [-0.3, -0.25) is 0 Å². The van der Waals surface area contributed by atoms with Crippen molar-refractivity contribution in [2.24, 2.45) is 0 Å². The van der Waals surface area contributed by atoms with Gasteiger partial charge in [-0.2, -0.15) is 0 Å². The highest BCUT2D eigenvalue weighted by Gasteiger charge is 2.14. The number of benzene rings is 1. The Morgan fingerprint density at radius 2 is 2.10 bits per heavy atom. The molecule has 20 heavy (non-hydrogen) atoms. The maximum atomic E-state index is 4.77. The minimum atomic E-state index is 0. The van der Waals surface area contributed by atoms with Gasteiger partial charge >= 0.3 is 0 Å². The Bertz CT molecular complexity index is 549. The highest BCUT2D eigenvalue weighted by molar-refractivity contribution is 7.22. The maximum absolute atomic E-state index is 4.77. The van der Waals surface area contributed by atoms with Gasteiger partial charge in [0.05, 0.1) is 10.2 Å². The van der Waals surface area contributed by atoms with E-state index in [1.54, 1.807) is 0 Å². The lowest BCUT2D eigenvalue weighted by Crippen LogP contribution is -2.43. The number of aryl methyl sites for hydroxylation is 1. The Balaban J connectivity index is 0.00000147. The van der Waals surface area contributed by atoms with E-state index in [2.05, 4.69) is 35.3 Å². The highest BCUT2D eigenvalue weighted by atomic mass is 35.5. The standard InChI is InChI=1S/C15H21N3S.ClH/c1-2-3-4-12-5-6-13-14(11-12)19-15(17-13)18-9-7-16-8-10-18;/h5-6,11,16H,2-4,7-10H2,1H3;1H. The van der Waals surface area contributed by atoms with Crippen molar-refractivity contribution >= 4 is 39.1 Å². The van der Waals surface area contributed by atoms with Crippen LogP contribution >= 0.6 is 23.7 Å². The Hall–Kier alpha value is -0.840. The quantitative estimate of drug-likeness (QED) is 0.937. The van der Waals surface area contributed by atoms with Crippen LogP contribution in [0.3, 0.4) is 0 Å². The van der Waals surface area contributed by atoms with Crippen LogP contribution in [-0.2, 0) is 6.42 Å². The van der Waals surface area contributed by atoms with Crippen LogP contribution in [-0.4, -0.2) is 31.2 Å². The molecule has 0 unspecified atom stereocenters. The SMILES string of the molecule is CCCCc1ccc2nc(N3CCNCC3)sc2c1.Cl. The molecular weight excluding hydrogens is 290 g/mol. The van der Waals surface area contributed by atoms with Crippen molar-refractivity contribution < 1.29 is 0 Å². The van der Waals surface area contributed by atoms with Crippen molar-refractivity contribution in [2.75, 3.05) is 31.1 Å². The van der Waals surface area contributed by atoms with Gasteiger partial charge in [-0.05, 0) is 30.5 Å². The van der Waals surface area contributed by atoms with E-state index in [9.17, 15) is 0 Å². The lowest BCUT2D eigenvalue weighted by molar-refractivity contribution is 0.588. The summed E-state index contributed by atoms with van der Waals surface area (Å²) in [6.45, 7) is 6.52. The molecular formula is C15H22ClN3S. The molecule has 1 saturated heterocycles. The molecule has 0 atom stereocenters. The second-order valence-electron chi connectivity index (χ2n) is 5.14. The first kappa shape index (κ1) is 15.5. The van der Waals surface area contributed by atoms with Gasteiger partial charge in [0.15, 0.2) is 5.13 Å². The van der Waals surface area contributed by atoms with E-state index in [0.717, 1.165) is 31.7 Å². The fourth-order valence-corrected chi connectivity index (χ4v) is 3.57. The number of hydrogen-bond acceptors (Lipinski definition) is 4. The first-order chi connectivity index (χ1) is 9.36. The third-order valence-electron chi connectivity index (χ3n) is 3.65. The Morgan fingerprint density at radius 3 is 2.85 bits per heavy atom. The zero-order chi connectivity index (χ0) is 13.1. The fourth-order valence-electron chi connectivity index (χ4n) is 2.48. The minimum Gasteiger partial charge on any atom is -0.346 e. The second-order valence-corrected chi connectivity index (χ2v) is 6.15. The van der Waals surface area contributed by atoms with E-state index in [1.165, 1.54) is 34.7 Å². The van der Waals surface area contributed by atoms with E-state index in [4.69, 9.17) is 4.98 Å². The summed E-state index contributed by atoms with van der Waals surface area (Å²) in [5.41, 5.74) is 2.60. The monoisotopic (exact) mass is 311 g/mol. The average Bonchev–Trinajstić information content (AvgIpc) is 2.89. The zero-order valence-corrected chi connectivity index (χ0v) is 13.5. The number of nitrogens with zero attached hydrogens (tertiary/aromatic N) is 2. The molecule has 5 heteroatoms. The molecule has 0 bridgehead atoms. The van der Waals surface area contributed by atoms with E-state index in [0.29, 0.717) is 0 Å². The summed E-state index contributed by atoms with van der Waals surface area (Å²) in [6, 6.07) is 6.75. The number of unbranched alkanes of at least 4 members (excludes halogenated alkanes) is 1. The van der Waals surface area contributed by atoms with Crippen LogP contribution in [0.4, 0.5) is 5.13 Å². The molecule has 0 saturated carbocycles. The summed E-state index contributed by atoms with van der Waals surface area (Å²) in [6.07, 6.45) is 3.72. The lowest BCUT2D eigenvalue weighted by Gasteiger charge is -2.26. The smallest absolute Gasteiger partial charge is 0.186 e. The Kier molecular flexibility index (Phi) is 5.64. The van der Waals surface area contributed by atoms with Crippen molar-refractivity contribution in [1.82, 2.24) is 10.3 Å². The van der Waals surface area contributed by atoms with Crippen LogP contribution in [0.15, 0.2) is 18.2 Å². The van der Waals surface area contributed by atoms with Crippen molar-refractivity contribution in [1.29, 1.82) is 0 Å². The molecule has 1 aliphatic rings. The summed E-state index contributed by atoms with van der Waals surface area (Å²) in [7, 11) is 0. The van der Waals surface area contributed by atoms with Gasteiger partial charge in [-0.1, -0.05) is 30.7 Å². The van der Waals surface area contributed by atoms with Crippen LogP contribution in [0.1, 0.15) is 25.3 Å². The first-order valence-corrected chi connectivity index (χ1v) is 8.03. The summed E-state index contributed by atoms with van der Waals surface area (Å²) in [5.74, 6) is 0. The van der Waals surface area contributed by atoms with Crippen LogP contribution in [0.2, 0.25) is 0 Å². The van der Waals surface area contributed by atoms with Gasteiger partial charge in [0.25, 0.3) is 0 Å². The molecule has 3 nitrogen and oxygen atoms in total. The Labute approximate surface area is 130 Å². The summed E-state index contributed by atoms with van der Waals surface area (Å²) >= 11 is 1.84. The van der Waals surface area contributed by atoms with Gasteiger partial charge in [0.1, 0.15) is 0 Å². The largest absolute Gasteiger partial charge is 0.346 e. The molecule has 2 aromatic rings. The first-order valence-electron chi connectivity index (χ1n) is 7.22. The Morgan fingerprint density at radius 1 is 1.30 bits per heavy atom. The predicted molar refractivity (Wildman–Crippen MR) is 90.6 cm³/mol. The topological polar surface area (TPSA) is 28.2 Å². The van der Waals surface area contributed by atoms with Crippen LogP contribution < -0.4 is 10.2 Å². The van der Waals surface area contributed by atoms with E-state index in [-0.39, 0.29) is 12.4 Å². The molecule has 1 N–H and O–H groups in total. The van der Waals surface area contributed by atoms with Gasteiger partial charge in [0, 0.05) is 26.2 Å². The summed E-state index contributed by atoms with van der Waals surface area (Å²) < 4.78 is 1.34. The summed E-state index contributed by atoms with van der Waals surface area (Å²) in [5, 5.41) is 4.57. The van der Waals surface area contributed by atoms with E-state index in [1.807, 2.05) is 11.3 Å². The minimum absolute atomic E-state index is 0. The van der Waals surface area contributed by atoms with E-state index < -0.39 is 0 Å². The van der Waals surface area contributed by atoms with Gasteiger partial charge in [-0.25, -0.2) is 4.98 Å². The number of aromatic nitrogens is 1. The molecule has 1 aliphatic heterocycles. The van der Waals surface area contributed by atoms with E-state index >= 15 is 0 Å². The lowest BCUT2D eigenvalue weighted by atomic mass is 10.1. The average molecular weight is 312 g/mol. The molecule has 0 spiro atoms. The number of piperazine rings is 1. The zero-order valence-electron chi connectivity index (χ0n) is 11.9. The summed E-state index contributed by atoms with van der Waals surface area (Å²) in [4.78, 5) is 7.17. The molecule has 0 aliphatic carbocycles. The number of thiazole rings is 1. The number of nitrogens with one attached hydrogen (secondary N) is 1. The molecule has 1 fully saturated rings. The molecule has 0 amide bonds. The van der Waals surface area contributed by atoms with Gasteiger partial charge in [-0.15, -0.1) is 12.4 Å². The van der Waals surface area contributed by atoms with Crippen LogP contribution in [0, 0.1) is 0 Å². The molecule has 1 aromatic heterocycles. The molecule has 1 aromatic carbocycles. The number of hydrogen-bond donors (Lipinski definition) is 1. The number of fused-ring (bicyclic) bond motifs is 1. The van der Waals surface area contributed by atoms with Crippen molar-refractivity contribution in [2.45, 2.75) is 26.2 Å². The number of halogens is 1. The number of anilines is 1. The molecule has 110 valence electrons. The van der Waals surface area contributed by atoms with Crippen molar-refractivity contribution in [3.05, 3.63) is 23.8 Å². The number of rotatable bonds is 4. The van der Waals surface area contributed by atoms with Crippen LogP contribution in [0.25, 0.3) is 10.2 Å². The fraction of sp³-hybridized carbons (Fsp3) is 0.533. The maximum Gasteiger partial charge on any atom is 0.186 e. The van der Waals surface area contributed by atoms with Gasteiger partial charge in [0.2, 0.25) is 0 Å². The van der Waals surface area contributed by atoms with Crippen LogP contribution in [0.5, 0.6) is 0 Å². The highest BCUT2D eigenvalue weighted by Crippen LogP contribution is 2.30. The second kappa shape index (κ2) is 7.25. The third-order valence-corrected chi connectivity index (χ3v) is 4.73. The third kappa shape index (κ3) is 3.43. The molecule has 0 radical (unpaired) electrons.